The van der Waals surface area contributed by atoms with E-state index in [1.54, 1.807) is 5.70 Å². The lowest BCUT2D eigenvalue weighted by Crippen LogP contribution is -2.01. The Morgan fingerprint density at radius 2 is 1.62 bits per heavy atom. The molecular weight excluding hydrogens is 290 g/mol. The van der Waals surface area contributed by atoms with Crippen molar-refractivity contribution in [3.05, 3.63) is 89.1 Å². The van der Waals surface area contributed by atoms with Crippen molar-refractivity contribution in [2.45, 2.75) is 45.7 Å². The van der Waals surface area contributed by atoms with Crippen LogP contribution >= 0.6 is 0 Å². The molecule has 1 fully saturated rings. The summed E-state index contributed by atoms with van der Waals surface area (Å²) in [5, 5.41) is 0. The van der Waals surface area contributed by atoms with E-state index >= 15 is 0 Å². The molecule has 0 aromatic heterocycles. The van der Waals surface area contributed by atoms with E-state index in [-0.39, 0.29) is 0 Å². The van der Waals surface area contributed by atoms with Gasteiger partial charge in [0.05, 0.1) is 6.04 Å². The zero-order valence-corrected chi connectivity index (χ0v) is 14.8. The zero-order chi connectivity index (χ0) is 16.8. The van der Waals surface area contributed by atoms with Crippen LogP contribution in [0, 0.1) is 0 Å². The smallest absolute Gasteiger partial charge is 0.0691 e. The van der Waals surface area contributed by atoms with E-state index in [1.807, 2.05) is 0 Å². The summed E-state index contributed by atoms with van der Waals surface area (Å²) in [6.45, 7) is 5.52. The highest BCUT2D eigenvalue weighted by molar-refractivity contribution is 5.48. The lowest BCUT2D eigenvalue weighted by Gasteiger charge is -2.04. The molecule has 124 valence electrons. The summed E-state index contributed by atoms with van der Waals surface area (Å²) in [7, 11) is 0. The molecule has 3 rings (SSSR count). The molecule has 24 heavy (non-hydrogen) atoms. The van der Waals surface area contributed by atoms with Crippen molar-refractivity contribution in [3.63, 3.8) is 0 Å². The van der Waals surface area contributed by atoms with Crippen LogP contribution in [0.3, 0.4) is 0 Å². The van der Waals surface area contributed by atoms with Crippen molar-refractivity contribution >= 4 is 6.08 Å². The fourth-order valence-corrected chi connectivity index (χ4v) is 3.38. The molecule has 1 saturated heterocycles. The summed E-state index contributed by atoms with van der Waals surface area (Å²) in [6.07, 6.45) is 8.20. The molecular formula is C23H27N. The van der Waals surface area contributed by atoms with Crippen molar-refractivity contribution in [2.24, 2.45) is 0 Å². The van der Waals surface area contributed by atoms with Crippen LogP contribution in [-0.4, -0.2) is 10.9 Å². The highest BCUT2D eigenvalue weighted by Gasteiger charge is 2.39. The first-order valence-corrected chi connectivity index (χ1v) is 8.95. The molecule has 0 saturated carbocycles. The molecule has 2 aromatic carbocycles. The van der Waals surface area contributed by atoms with E-state index < -0.39 is 0 Å². The molecule has 0 spiro atoms. The van der Waals surface area contributed by atoms with Crippen LogP contribution in [0.4, 0.5) is 0 Å². The Bertz CT molecular complexity index is 693. The van der Waals surface area contributed by atoms with E-state index in [1.165, 1.54) is 29.5 Å². The minimum absolute atomic E-state index is 0.653. The van der Waals surface area contributed by atoms with Gasteiger partial charge in [0.2, 0.25) is 0 Å². The average molecular weight is 317 g/mol. The maximum absolute atomic E-state index is 2.56. The molecule has 1 aliphatic heterocycles. The number of allylic oxidation sites excluding steroid dienone is 2. The van der Waals surface area contributed by atoms with Crippen LogP contribution in [0.25, 0.3) is 6.08 Å². The quantitative estimate of drug-likeness (QED) is 0.444. The number of nitrogens with zero attached hydrogens (tertiary/aromatic N) is 1. The van der Waals surface area contributed by atoms with Gasteiger partial charge in [-0.05, 0) is 44.2 Å². The van der Waals surface area contributed by atoms with Crippen LogP contribution in [0.2, 0.25) is 0 Å². The molecule has 0 amide bonds. The molecule has 1 unspecified atom stereocenters. The highest BCUT2D eigenvalue weighted by atomic mass is 15.3. The van der Waals surface area contributed by atoms with Crippen molar-refractivity contribution in [1.29, 1.82) is 0 Å². The molecule has 0 bridgehead atoms. The molecule has 0 aliphatic carbocycles. The van der Waals surface area contributed by atoms with Gasteiger partial charge < -0.3 is 4.90 Å². The number of benzene rings is 2. The topological polar surface area (TPSA) is 3.01 Å². The average Bonchev–Trinajstić information content (AvgIpc) is 3.29. The Morgan fingerprint density at radius 1 is 0.958 bits per heavy atom. The summed E-state index contributed by atoms with van der Waals surface area (Å²) >= 11 is 0. The van der Waals surface area contributed by atoms with E-state index in [9.17, 15) is 0 Å². The van der Waals surface area contributed by atoms with Gasteiger partial charge in [-0.25, -0.2) is 0 Å². The van der Waals surface area contributed by atoms with Crippen LogP contribution in [0.15, 0.2) is 78.0 Å². The first kappa shape index (κ1) is 16.6. The van der Waals surface area contributed by atoms with Gasteiger partial charge in [-0.2, -0.15) is 0 Å². The van der Waals surface area contributed by atoms with Crippen molar-refractivity contribution in [3.8, 4) is 0 Å². The number of rotatable bonds is 7. The normalized spacial score (nSPS) is 16.7. The summed E-state index contributed by atoms with van der Waals surface area (Å²) in [6, 6.07) is 22.0. The predicted octanol–water partition coefficient (Wildman–Crippen LogP) is 6.05. The lowest BCUT2D eigenvalue weighted by molar-refractivity contribution is 0.489. The SMILES string of the molecule is CC(C)=C1C(CCC/C=C\c2ccccc2)N1Cc1ccccc1. The van der Waals surface area contributed by atoms with E-state index in [2.05, 4.69) is 91.6 Å². The maximum Gasteiger partial charge on any atom is 0.0691 e. The number of hydrogen-bond acceptors (Lipinski definition) is 1. The van der Waals surface area contributed by atoms with E-state index in [4.69, 9.17) is 0 Å². The largest absolute Gasteiger partial charge is 0.360 e. The standard InChI is InChI=1S/C23H27N/c1-19(2)23-22(24(23)18-21-15-9-4-10-16-21)17-11-5-8-14-20-12-6-3-7-13-20/h3-4,6-10,12-16,22H,5,11,17-18H2,1-2H3/b14-8-. The maximum atomic E-state index is 2.56. The second-order valence-electron chi connectivity index (χ2n) is 6.76. The third-order valence-electron chi connectivity index (χ3n) is 4.60. The fourth-order valence-electron chi connectivity index (χ4n) is 3.38. The molecule has 0 N–H and O–H groups in total. The van der Waals surface area contributed by atoms with Crippen LogP contribution in [-0.2, 0) is 6.54 Å². The summed E-state index contributed by atoms with van der Waals surface area (Å²) in [5.74, 6) is 0. The Hall–Kier alpha value is -2.28. The summed E-state index contributed by atoms with van der Waals surface area (Å²) in [4.78, 5) is 2.56. The Balaban J connectivity index is 1.48. The van der Waals surface area contributed by atoms with Crippen LogP contribution in [0.1, 0.15) is 44.2 Å². The summed E-state index contributed by atoms with van der Waals surface area (Å²) in [5.41, 5.74) is 5.73. The van der Waals surface area contributed by atoms with Gasteiger partial charge >= 0.3 is 0 Å². The van der Waals surface area contributed by atoms with Gasteiger partial charge in [0.25, 0.3) is 0 Å². The van der Waals surface area contributed by atoms with Crippen LogP contribution in [0.5, 0.6) is 0 Å². The predicted molar refractivity (Wildman–Crippen MR) is 103 cm³/mol. The minimum atomic E-state index is 0.653. The number of unbranched alkanes of at least 4 members (excludes halogenated alkanes) is 1. The van der Waals surface area contributed by atoms with E-state index in [0.29, 0.717) is 6.04 Å². The monoisotopic (exact) mass is 317 g/mol. The molecule has 1 heteroatoms. The van der Waals surface area contributed by atoms with Gasteiger partial charge in [-0.3, -0.25) is 0 Å². The van der Waals surface area contributed by atoms with Gasteiger partial charge in [-0.15, -0.1) is 0 Å². The minimum Gasteiger partial charge on any atom is -0.360 e. The molecule has 1 heterocycles. The van der Waals surface area contributed by atoms with Crippen molar-refractivity contribution in [2.75, 3.05) is 0 Å². The van der Waals surface area contributed by atoms with Gasteiger partial charge in [0.15, 0.2) is 0 Å². The van der Waals surface area contributed by atoms with Gasteiger partial charge in [-0.1, -0.05) is 78.4 Å². The molecule has 1 nitrogen and oxygen atoms in total. The van der Waals surface area contributed by atoms with Crippen molar-refractivity contribution < 1.29 is 0 Å². The molecule has 0 radical (unpaired) electrons. The Kier molecular flexibility index (Phi) is 5.53. The van der Waals surface area contributed by atoms with Gasteiger partial charge in [0.1, 0.15) is 0 Å². The Morgan fingerprint density at radius 3 is 2.29 bits per heavy atom. The van der Waals surface area contributed by atoms with Crippen molar-refractivity contribution in [1.82, 2.24) is 4.90 Å². The van der Waals surface area contributed by atoms with E-state index in [0.717, 1.165) is 13.0 Å². The molecule has 2 aromatic rings. The Labute approximate surface area is 146 Å². The molecule has 1 aliphatic rings. The fraction of sp³-hybridized carbons (Fsp3) is 0.304. The summed E-state index contributed by atoms with van der Waals surface area (Å²) < 4.78 is 0. The van der Waals surface area contributed by atoms with Crippen LogP contribution < -0.4 is 0 Å². The number of hydrogen-bond donors (Lipinski definition) is 0. The molecule has 1 atom stereocenters. The first-order valence-electron chi connectivity index (χ1n) is 8.95. The second kappa shape index (κ2) is 8.01. The van der Waals surface area contributed by atoms with Gasteiger partial charge in [0, 0.05) is 12.2 Å². The third kappa shape index (κ3) is 4.38. The second-order valence-corrected chi connectivity index (χ2v) is 6.76. The zero-order valence-electron chi connectivity index (χ0n) is 14.8. The first-order chi connectivity index (χ1) is 11.8. The third-order valence-corrected chi connectivity index (χ3v) is 4.60. The highest BCUT2D eigenvalue weighted by Crippen LogP contribution is 2.40. The lowest BCUT2D eigenvalue weighted by atomic mass is 10.1.